The lowest BCUT2D eigenvalue weighted by Crippen LogP contribution is -2.08. The maximum atomic E-state index is 12.1. The fraction of sp³-hybridized carbons (Fsp3) is 0.0500. The fourth-order valence-corrected chi connectivity index (χ4v) is 2.87. The van der Waals surface area contributed by atoms with E-state index in [0.717, 1.165) is 5.56 Å². The average molecular weight is 367 g/mol. The van der Waals surface area contributed by atoms with Crippen molar-refractivity contribution in [2.75, 3.05) is 0 Å². The van der Waals surface area contributed by atoms with Crippen LogP contribution in [0.15, 0.2) is 84.9 Å². The van der Waals surface area contributed by atoms with Gasteiger partial charge in [0.2, 0.25) is 0 Å². The number of rotatable bonds is 4. The van der Waals surface area contributed by atoms with Crippen LogP contribution < -0.4 is 4.74 Å². The molecule has 2 nitrogen and oxygen atoms in total. The molecule has 0 aliphatic carbocycles. The normalized spacial score (nSPS) is 11.7. The molecule has 0 aromatic heterocycles. The van der Waals surface area contributed by atoms with Crippen LogP contribution in [0, 0.1) is 0 Å². The van der Waals surface area contributed by atoms with Gasteiger partial charge < -0.3 is 4.74 Å². The van der Waals surface area contributed by atoms with Crippen LogP contribution in [0.2, 0.25) is 0 Å². The van der Waals surface area contributed by atoms with E-state index < -0.39 is 0 Å². The van der Waals surface area contributed by atoms with Gasteiger partial charge in [0, 0.05) is 0 Å². The first-order chi connectivity index (χ1) is 11.2. The number of hydrogen-bond acceptors (Lipinski definition) is 2. The Bertz CT molecular complexity index is 768. The lowest BCUT2D eigenvalue weighted by molar-refractivity contribution is 0.0735. The van der Waals surface area contributed by atoms with E-state index in [4.69, 9.17) is 4.74 Å². The molecule has 0 heterocycles. The Morgan fingerprint density at radius 1 is 0.739 bits per heavy atom. The Hall–Kier alpha value is -2.39. The molecule has 1 unspecified atom stereocenters. The molecule has 3 rings (SSSR count). The van der Waals surface area contributed by atoms with Crippen LogP contribution in [0.3, 0.4) is 0 Å². The van der Waals surface area contributed by atoms with Gasteiger partial charge in [0.25, 0.3) is 0 Å². The summed E-state index contributed by atoms with van der Waals surface area (Å²) in [6, 6.07) is 26.7. The highest BCUT2D eigenvalue weighted by Gasteiger charge is 2.12. The van der Waals surface area contributed by atoms with E-state index in [1.54, 1.807) is 24.3 Å². The van der Waals surface area contributed by atoms with Gasteiger partial charge in [0.1, 0.15) is 5.75 Å². The molecular weight excluding hydrogens is 352 g/mol. The van der Waals surface area contributed by atoms with Crippen LogP contribution in [-0.4, -0.2) is 5.97 Å². The molecule has 3 aromatic rings. The van der Waals surface area contributed by atoms with E-state index in [1.165, 1.54) is 5.56 Å². The fourth-order valence-electron chi connectivity index (χ4n) is 2.26. The van der Waals surface area contributed by atoms with E-state index in [1.807, 2.05) is 48.5 Å². The van der Waals surface area contributed by atoms with E-state index in [9.17, 15) is 4.79 Å². The van der Waals surface area contributed by atoms with Crippen LogP contribution in [0.4, 0.5) is 0 Å². The Morgan fingerprint density at radius 2 is 1.26 bits per heavy atom. The standard InChI is InChI=1S/C20H15BrO2/c21-19(15-7-3-1-4-8-15)16-11-13-17(14-12-16)20(22)23-18-9-5-2-6-10-18/h1-14,19H. The van der Waals surface area contributed by atoms with Crippen LogP contribution in [0.25, 0.3) is 0 Å². The van der Waals surface area contributed by atoms with Crippen molar-refractivity contribution in [2.45, 2.75) is 4.83 Å². The van der Waals surface area contributed by atoms with E-state index >= 15 is 0 Å². The third-order valence-corrected chi connectivity index (χ3v) is 4.54. The molecule has 0 radical (unpaired) electrons. The summed E-state index contributed by atoms with van der Waals surface area (Å²) in [5.41, 5.74) is 2.80. The summed E-state index contributed by atoms with van der Waals surface area (Å²) in [4.78, 5) is 12.2. The molecule has 0 spiro atoms. The van der Waals surface area contributed by atoms with Crippen molar-refractivity contribution in [3.05, 3.63) is 102 Å². The molecule has 3 aromatic carbocycles. The van der Waals surface area contributed by atoms with Crippen molar-refractivity contribution in [3.63, 3.8) is 0 Å². The first-order valence-electron chi connectivity index (χ1n) is 7.30. The largest absolute Gasteiger partial charge is 0.423 e. The highest BCUT2D eigenvalue weighted by atomic mass is 79.9. The number of carbonyl (C=O) groups is 1. The van der Waals surface area contributed by atoms with Gasteiger partial charge in [0.15, 0.2) is 0 Å². The van der Waals surface area contributed by atoms with E-state index in [0.29, 0.717) is 11.3 Å². The minimum atomic E-state index is -0.353. The quantitative estimate of drug-likeness (QED) is 0.351. The Labute approximate surface area is 143 Å². The molecule has 0 N–H and O–H groups in total. The lowest BCUT2D eigenvalue weighted by Gasteiger charge is -2.11. The molecular formula is C20H15BrO2. The van der Waals surface area contributed by atoms with Gasteiger partial charge >= 0.3 is 5.97 Å². The minimum absolute atomic E-state index is 0.0999. The number of ether oxygens (including phenoxy) is 1. The molecule has 0 aliphatic heterocycles. The number of benzene rings is 3. The van der Waals surface area contributed by atoms with Crippen molar-refractivity contribution >= 4 is 21.9 Å². The molecule has 0 fully saturated rings. The monoisotopic (exact) mass is 366 g/mol. The van der Waals surface area contributed by atoms with Gasteiger partial charge in [-0.1, -0.05) is 76.6 Å². The van der Waals surface area contributed by atoms with Crippen molar-refractivity contribution in [3.8, 4) is 5.75 Å². The summed E-state index contributed by atoms with van der Waals surface area (Å²) in [7, 11) is 0. The van der Waals surface area contributed by atoms with Crippen molar-refractivity contribution in [2.24, 2.45) is 0 Å². The van der Waals surface area contributed by atoms with Gasteiger partial charge in [-0.05, 0) is 35.4 Å². The van der Waals surface area contributed by atoms with Gasteiger partial charge in [-0.2, -0.15) is 0 Å². The second-order valence-electron chi connectivity index (χ2n) is 5.10. The molecule has 3 heteroatoms. The highest BCUT2D eigenvalue weighted by molar-refractivity contribution is 9.09. The Morgan fingerprint density at radius 3 is 1.87 bits per heavy atom. The molecule has 1 atom stereocenters. The number of para-hydroxylation sites is 1. The summed E-state index contributed by atoms with van der Waals surface area (Å²) in [6.07, 6.45) is 0. The number of alkyl halides is 1. The number of hydrogen-bond donors (Lipinski definition) is 0. The van der Waals surface area contributed by atoms with Gasteiger partial charge in [-0.15, -0.1) is 0 Å². The predicted molar refractivity (Wildman–Crippen MR) is 95.1 cm³/mol. The molecule has 0 saturated carbocycles. The predicted octanol–water partition coefficient (Wildman–Crippen LogP) is 5.39. The zero-order chi connectivity index (χ0) is 16.1. The smallest absolute Gasteiger partial charge is 0.343 e. The lowest BCUT2D eigenvalue weighted by atomic mass is 10.0. The summed E-state index contributed by atoms with van der Waals surface area (Å²) in [5.74, 6) is 0.192. The summed E-state index contributed by atoms with van der Waals surface area (Å²) >= 11 is 3.69. The van der Waals surface area contributed by atoms with Crippen LogP contribution in [-0.2, 0) is 0 Å². The number of halogens is 1. The summed E-state index contributed by atoms with van der Waals surface area (Å²) in [6.45, 7) is 0. The minimum Gasteiger partial charge on any atom is -0.423 e. The SMILES string of the molecule is O=C(Oc1ccccc1)c1ccc(C(Br)c2ccccc2)cc1. The first kappa shape index (κ1) is 15.5. The van der Waals surface area contributed by atoms with Crippen LogP contribution in [0.5, 0.6) is 5.75 Å². The van der Waals surface area contributed by atoms with Crippen molar-refractivity contribution < 1.29 is 9.53 Å². The maximum Gasteiger partial charge on any atom is 0.343 e. The van der Waals surface area contributed by atoms with Crippen molar-refractivity contribution in [1.82, 2.24) is 0 Å². The number of carbonyl (C=O) groups excluding carboxylic acids is 1. The zero-order valence-corrected chi connectivity index (χ0v) is 13.9. The Balaban J connectivity index is 1.73. The van der Waals surface area contributed by atoms with Crippen LogP contribution >= 0.6 is 15.9 Å². The Kier molecular flexibility index (Phi) is 4.89. The highest BCUT2D eigenvalue weighted by Crippen LogP contribution is 2.30. The van der Waals surface area contributed by atoms with Crippen molar-refractivity contribution in [1.29, 1.82) is 0 Å². The van der Waals surface area contributed by atoms with Gasteiger partial charge in [-0.3, -0.25) is 0 Å². The van der Waals surface area contributed by atoms with E-state index in [-0.39, 0.29) is 10.8 Å². The summed E-state index contributed by atoms with van der Waals surface area (Å²) < 4.78 is 5.33. The van der Waals surface area contributed by atoms with Gasteiger partial charge in [0.05, 0.1) is 10.4 Å². The second-order valence-corrected chi connectivity index (χ2v) is 6.01. The molecule has 0 bridgehead atoms. The topological polar surface area (TPSA) is 26.3 Å². The average Bonchev–Trinajstić information content (AvgIpc) is 2.63. The van der Waals surface area contributed by atoms with E-state index in [2.05, 4.69) is 28.1 Å². The number of esters is 1. The molecule has 0 aliphatic rings. The second kappa shape index (κ2) is 7.25. The molecule has 23 heavy (non-hydrogen) atoms. The first-order valence-corrected chi connectivity index (χ1v) is 8.22. The maximum absolute atomic E-state index is 12.1. The molecule has 114 valence electrons. The molecule has 0 amide bonds. The third-order valence-electron chi connectivity index (χ3n) is 3.49. The molecule has 0 saturated heterocycles. The third kappa shape index (κ3) is 3.88. The van der Waals surface area contributed by atoms with Crippen LogP contribution in [0.1, 0.15) is 26.3 Å². The zero-order valence-electron chi connectivity index (χ0n) is 12.4. The summed E-state index contributed by atoms with van der Waals surface area (Å²) in [5, 5.41) is 0. The van der Waals surface area contributed by atoms with Gasteiger partial charge in [-0.25, -0.2) is 4.79 Å².